The van der Waals surface area contributed by atoms with E-state index in [4.69, 9.17) is 20.8 Å². The molecule has 4 N–H and O–H groups in total. The maximum Gasteiger partial charge on any atom is 0.491 e. The van der Waals surface area contributed by atoms with Crippen LogP contribution in [0.15, 0.2) is 23.7 Å². The number of hydrogen-bond acceptors (Lipinski definition) is 4. The Morgan fingerprint density at radius 1 is 1.19 bits per heavy atom. The molecule has 1 aromatic rings. The molecular weight excluding hydrogens is 263 g/mol. The van der Waals surface area contributed by atoms with E-state index in [0.717, 1.165) is 22.3 Å². The van der Waals surface area contributed by atoms with Crippen LogP contribution >= 0.6 is 0 Å². The van der Waals surface area contributed by atoms with Crippen molar-refractivity contribution in [1.82, 2.24) is 0 Å². The van der Waals surface area contributed by atoms with Gasteiger partial charge in [0.15, 0.2) is 0 Å². The second kappa shape index (κ2) is 5.48. The van der Waals surface area contributed by atoms with Crippen molar-refractivity contribution in [2.75, 3.05) is 12.3 Å². The Labute approximate surface area is 127 Å². The fraction of sp³-hybridized carbons (Fsp3) is 0.500. The Bertz CT molecular complexity index is 551. The second-order valence-corrected chi connectivity index (χ2v) is 6.57. The van der Waals surface area contributed by atoms with Crippen molar-refractivity contribution in [3.63, 3.8) is 0 Å². The zero-order chi connectivity index (χ0) is 15.8. The lowest BCUT2D eigenvalue weighted by molar-refractivity contribution is 0.00578. The van der Waals surface area contributed by atoms with Crippen LogP contribution < -0.4 is 11.5 Å². The summed E-state index contributed by atoms with van der Waals surface area (Å²) in [6.45, 7) is 10.5. The van der Waals surface area contributed by atoms with Gasteiger partial charge in [0.1, 0.15) is 0 Å². The molecule has 114 valence electrons. The van der Waals surface area contributed by atoms with E-state index < -0.39 is 7.12 Å². The predicted molar refractivity (Wildman–Crippen MR) is 88.7 cm³/mol. The number of nitrogens with two attached hydrogens (primary N) is 2. The quantitative estimate of drug-likeness (QED) is 0.662. The summed E-state index contributed by atoms with van der Waals surface area (Å²) in [6.07, 6.45) is 2.02. The average Bonchev–Trinajstić information content (AvgIpc) is 2.60. The van der Waals surface area contributed by atoms with E-state index >= 15 is 0 Å². The van der Waals surface area contributed by atoms with Crippen LogP contribution in [0.1, 0.15) is 38.8 Å². The molecule has 1 saturated heterocycles. The standard InChI is InChI=1S/C16H25BN2O2/c1-11-12(7-6-8-14(11)19)9-13(10-18)17-20-15(2,3)16(4,5)21-17/h6-9H,10,18-19H2,1-5H3. The van der Waals surface area contributed by atoms with E-state index in [1.54, 1.807) is 0 Å². The van der Waals surface area contributed by atoms with Crippen LogP contribution in [0.5, 0.6) is 0 Å². The lowest BCUT2D eigenvalue weighted by atomic mass is 9.77. The highest BCUT2D eigenvalue weighted by atomic mass is 16.7. The van der Waals surface area contributed by atoms with Crippen LogP contribution in [0.3, 0.4) is 0 Å². The van der Waals surface area contributed by atoms with Crippen LogP contribution in [0.4, 0.5) is 5.69 Å². The topological polar surface area (TPSA) is 70.5 Å². The Morgan fingerprint density at radius 3 is 2.29 bits per heavy atom. The van der Waals surface area contributed by atoms with E-state index in [1.165, 1.54) is 0 Å². The van der Waals surface area contributed by atoms with Gasteiger partial charge in [-0.2, -0.15) is 0 Å². The molecule has 1 aliphatic heterocycles. The van der Waals surface area contributed by atoms with E-state index in [-0.39, 0.29) is 11.2 Å². The Morgan fingerprint density at radius 2 is 1.76 bits per heavy atom. The zero-order valence-corrected chi connectivity index (χ0v) is 13.6. The van der Waals surface area contributed by atoms with Gasteiger partial charge in [0.05, 0.1) is 11.2 Å². The van der Waals surface area contributed by atoms with E-state index in [9.17, 15) is 0 Å². The van der Waals surface area contributed by atoms with E-state index in [0.29, 0.717) is 6.54 Å². The van der Waals surface area contributed by atoms with Crippen molar-refractivity contribution in [3.05, 3.63) is 34.8 Å². The summed E-state index contributed by atoms with van der Waals surface area (Å²) in [7, 11) is -0.416. The first kappa shape index (κ1) is 16.1. The van der Waals surface area contributed by atoms with Crippen LogP contribution in [-0.2, 0) is 9.31 Å². The molecule has 0 bridgehead atoms. The molecule has 1 aliphatic rings. The van der Waals surface area contributed by atoms with Crippen molar-refractivity contribution < 1.29 is 9.31 Å². The molecule has 0 spiro atoms. The van der Waals surface area contributed by atoms with Crippen molar-refractivity contribution >= 4 is 18.9 Å². The van der Waals surface area contributed by atoms with Gasteiger partial charge in [-0.1, -0.05) is 18.2 Å². The second-order valence-electron chi connectivity index (χ2n) is 6.57. The van der Waals surface area contributed by atoms with Crippen LogP contribution in [0.2, 0.25) is 0 Å². The third-order valence-electron chi connectivity index (χ3n) is 4.55. The third kappa shape index (κ3) is 3.00. The number of rotatable bonds is 3. The predicted octanol–water partition coefficient (Wildman–Crippen LogP) is 2.55. The van der Waals surface area contributed by atoms with Gasteiger partial charge in [-0.25, -0.2) is 0 Å². The smallest absolute Gasteiger partial charge is 0.400 e. The molecule has 0 aliphatic carbocycles. The molecule has 0 saturated carbocycles. The van der Waals surface area contributed by atoms with Crippen molar-refractivity contribution in [1.29, 1.82) is 0 Å². The van der Waals surface area contributed by atoms with E-state index in [1.807, 2.05) is 58.9 Å². The Balaban J connectivity index is 2.33. The van der Waals surface area contributed by atoms with Gasteiger partial charge < -0.3 is 20.8 Å². The highest BCUT2D eigenvalue weighted by Crippen LogP contribution is 2.38. The molecule has 1 heterocycles. The minimum Gasteiger partial charge on any atom is -0.400 e. The summed E-state index contributed by atoms with van der Waals surface area (Å²) in [6, 6.07) is 5.85. The number of anilines is 1. The van der Waals surface area contributed by atoms with Gasteiger partial charge in [0.25, 0.3) is 0 Å². The SMILES string of the molecule is Cc1c(N)cccc1C=C(CN)B1OC(C)(C)C(C)(C)O1. The first-order valence-electron chi connectivity index (χ1n) is 7.29. The molecule has 0 radical (unpaired) electrons. The normalized spacial score (nSPS) is 20.9. The summed E-state index contributed by atoms with van der Waals surface area (Å²) in [5.41, 5.74) is 14.9. The molecule has 0 atom stereocenters. The molecule has 0 unspecified atom stereocenters. The molecule has 4 nitrogen and oxygen atoms in total. The molecule has 0 amide bonds. The molecule has 21 heavy (non-hydrogen) atoms. The van der Waals surface area contributed by atoms with Crippen molar-refractivity contribution in [3.8, 4) is 0 Å². The van der Waals surface area contributed by atoms with Gasteiger partial charge >= 0.3 is 7.12 Å². The maximum atomic E-state index is 6.06. The summed E-state index contributed by atoms with van der Waals surface area (Å²) in [4.78, 5) is 0. The number of hydrogen-bond donors (Lipinski definition) is 2. The lowest BCUT2D eigenvalue weighted by Gasteiger charge is -2.32. The van der Waals surface area contributed by atoms with Gasteiger partial charge in [-0.15, -0.1) is 0 Å². The molecule has 2 rings (SSSR count). The molecule has 1 fully saturated rings. The van der Waals surface area contributed by atoms with Crippen LogP contribution in [0.25, 0.3) is 6.08 Å². The van der Waals surface area contributed by atoms with Crippen LogP contribution in [0, 0.1) is 6.92 Å². The summed E-state index contributed by atoms with van der Waals surface area (Å²) < 4.78 is 12.1. The van der Waals surface area contributed by atoms with Crippen LogP contribution in [-0.4, -0.2) is 24.9 Å². The molecule has 5 heteroatoms. The Kier molecular flexibility index (Phi) is 4.20. The minimum atomic E-state index is -0.416. The number of nitrogen functional groups attached to an aromatic ring is 1. The van der Waals surface area contributed by atoms with Crippen molar-refractivity contribution in [2.45, 2.75) is 45.8 Å². The summed E-state index contributed by atoms with van der Waals surface area (Å²) >= 11 is 0. The fourth-order valence-corrected chi connectivity index (χ4v) is 2.25. The van der Waals surface area contributed by atoms with Gasteiger partial charge in [-0.3, -0.25) is 0 Å². The highest BCUT2D eigenvalue weighted by molar-refractivity contribution is 6.55. The van der Waals surface area contributed by atoms with Crippen molar-refractivity contribution in [2.24, 2.45) is 5.73 Å². The van der Waals surface area contributed by atoms with E-state index in [2.05, 4.69) is 0 Å². The van der Waals surface area contributed by atoms with Gasteiger partial charge in [0.2, 0.25) is 0 Å². The maximum absolute atomic E-state index is 6.06. The highest BCUT2D eigenvalue weighted by Gasteiger charge is 2.52. The fourth-order valence-electron chi connectivity index (χ4n) is 2.25. The summed E-state index contributed by atoms with van der Waals surface area (Å²) in [5, 5.41) is 0. The van der Waals surface area contributed by atoms with Gasteiger partial charge in [0, 0.05) is 12.2 Å². The largest absolute Gasteiger partial charge is 0.491 e. The zero-order valence-electron chi connectivity index (χ0n) is 13.6. The first-order valence-corrected chi connectivity index (χ1v) is 7.29. The molecule has 1 aromatic carbocycles. The summed E-state index contributed by atoms with van der Waals surface area (Å²) in [5.74, 6) is 0. The Hall–Kier alpha value is -1.30. The van der Waals surface area contributed by atoms with Gasteiger partial charge in [-0.05, 0) is 57.3 Å². The molecular formula is C16H25BN2O2. The minimum absolute atomic E-state index is 0.364. The average molecular weight is 288 g/mol. The monoisotopic (exact) mass is 288 g/mol. The lowest BCUT2D eigenvalue weighted by Crippen LogP contribution is -2.41. The molecule has 0 aromatic heterocycles. The first-order chi connectivity index (χ1) is 9.68. The number of benzene rings is 1. The third-order valence-corrected chi connectivity index (χ3v) is 4.55.